The van der Waals surface area contributed by atoms with E-state index in [-0.39, 0.29) is 0 Å². The molecule has 12 aromatic carbocycles. The van der Waals surface area contributed by atoms with Gasteiger partial charge in [-0.2, -0.15) is 10.5 Å². The molecule has 4 aliphatic rings. The molecule has 0 saturated heterocycles. The minimum atomic E-state index is 0.603. The highest BCUT2D eigenvalue weighted by molar-refractivity contribution is 6.18. The number of aromatic nitrogens is 4. The molecular formula is C120H108N8O4+4. The van der Waals surface area contributed by atoms with Gasteiger partial charge in [-0.05, 0) is 298 Å². The second-order valence-corrected chi connectivity index (χ2v) is 38.2. The van der Waals surface area contributed by atoms with Gasteiger partial charge in [0.05, 0.1) is 74.1 Å². The Labute approximate surface area is 770 Å². The zero-order valence-electron chi connectivity index (χ0n) is 77.6. The average Bonchev–Trinajstić information content (AvgIpc) is 1.53. The van der Waals surface area contributed by atoms with Gasteiger partial charge in [0.2, 0.25) is 22.8 Å². The highest BCUT2D eigenvalue weighted by Crippen LogP contribution is 2.50. The molecule has 0 unspecified atom stereocenters. The second kappa shape index (κ2) is 34.1. The number of aryl methyl sites for hydroxylation is 7. The molecule has 0 N–H and O–H groups in total. The molecule has 8 heterocycles. The van der Waals surface area contributed by atoms with Crippen molar-refractivity contribution < 1.29 is 35.9 Å². The molecule has 0 amide bonds. The number of hydrogen-bond acceptors (Lipinski definition) is 6. The number of para-hydroxylation sites is 1. The SMILES string of the molecule is Cc1c(C)c(C#N)c2c(oc3ccccc32)c1-c1c2ccc(C3CCCC3)cc2cc[n+]1C.Cc1cc2c(oc3cccc(C#N)c32)c(-c2c3ccc(C4CCCC4)cc3cc[n+]2C)c1C.[C-]#[N+]c1ccc2c(c1)oc1c(-c3c4ccc(C5CCCC5)cc4cc[n+]3C)c(C)c(C)cc12.[C-]#[N+]c1ccc2oc3c(-c4c5ccc(C6CCCC6)cc5cc[n+]4C)c(C)c(C)cc3c2c1. The zero-order valence-corrected chi connectivity index (χ0v) is 77.6. The minimum absolute atomic E-state index is 0.603. The van der Waals surface area contributed by atoms with E-state index in [1.807, 2.05) is 72.8 Å². The Morgan fingerprint density at radius 3 is 1.08 bits per heavy atom. The minimum Gasteiger partial charge on any atom is -0.456 e. The summed E-state index contributed by atoms with van der Waals surface area (Å²) >= 11 is 0. The Morgan fingerprint density at radius 1 is 0.295 bits per heavy atom. The maximum absolute atomic E-state index is 10.0. The summed E-state index contributed by atoms with van der Waals surface area (Å²) in [5, 5.41) is 37.9. The molecule has 132 heavy (non-hydrogen) atoms. The third-order valence-electron chi connectivity index (χ3n) is 30.6. The smallest absolute Gasteiger partial charge is 0.224 e. The first-order chi connectivity index (χ1) is 64.2. The van der Waals surface area contributed by atoms with E-state index in [0.29, 0.717) is 46.2 Å². The summed E-state index contributed by atoms with van der Waals surface area (Å²) in [7, 11) is 8.44. The van der Waals surface area contributed by atoms with Crippen molar-refractivity contribution in [1.29, 1.82) is 10.5 Å². The quantitative estimate of drug-likeness (QED) is 0.110. The first-order valence-electron chi connectivity index (χ1n) is 47.3. The topological polar surface area (TPSA) is 124 Å². The normalized spacial score (nSPS) is 14.5. The molecule has 4 fully saturated rings. The fourth-order valence-electron chi connectivity index (χ4n) is 23.0. The van der Waals surface area contributed by atoms with Crippen LogP contribution in [0.3, 0.4) is 0 Å². The Hall–Kier alpha value is -14.6. The van der Waals surface area contributed by atoms with Gasteiger partial charge in [0.25, 0.3) is 0 Å². The number of benzene rings is 12. The summed E-state index contributed by atoms with van der Waals surface area (Å²) in [6.07, 6.45) is 29.8. The molecule has 0 aliphatic heterocycles. The van der Waals surface area contributed by atoms with Crippen LogP contribution in [-0.4, -0.2) is 0 Å². The third kappa shape index (κ3) is 14.4. The summed E-state index contributed by atoms with van der Waals surface area (Å²) in [4.78, 5) is 7.22. The fraction of sp³-hybridized carbons (Fsp3) is 0.267. The Bertz CT molecular complexity index is 8280. The van der Waals surface area contributed by atoms with E-state index in [1.165, 1.54) is 213 Å². The largest absolute Gasteiger partial charge is 0.456 e. The van der Waals surface area contributed by atoms with Gasteiger partial charge >= 0.3 is 0 Å². The lowest BCUT2D eigenvalue weighted by Gasteiger charge is -2.14. The molecule has 0 radical (unpaired) electrons. The first kappa shape index (κ1) is 84.3. The number of nitriles is 2. The standard InChI is InChI=1S/4C30H27N2O/c1-18-15-26-25-17-23(31-3)10-12-27(25)33-30(26)28(19(18)2)29-24-11-9-21(20-7-5-6-8-20)16-22(24)13-14-32(29)4;1-18-15-26-25-12-10-23(31-3)17-27(25)33-30(26)28(19(18)2)29-24-11-9-21(20-7-5-6-8-20)16-22(24)13-14-32(29)4;1-18-19(2)27(30-28(25(18)17-31)24-10-6-7-11-26(24)33-30)29-23-13-12-21(20-8-4-5-9-20)16-22(23)14-15-32(29)3;1-18-15-25-28-23(17-31)9-6-10-26(28)33-30(25)27(19(18)2)29-24-12-11-21(20-7-4-5-8-20)16-22(24)13-14-32(29)3/h2*9-17,20H,5-8H2,1-2,4H3;6-7,10-16,20H,4-5,8-9H2,1-3H3;6,9-16,20H,4-5,7-8H2,1-3H3/q4*+1. The number of hydrogen-bond donors (Lipinski definition) is 0. The Balaban J connectivity index is 0.000000106. The number of furan rings is 4. The molecule has 8 aromatic heterocycles. The number of nitrogens with zero attached hydrogens (tertiary/aromatic N) is 8. The molecule has 12 heteroatoms. The monoisotopic (exact) mass is 1720 g/mol. The van der Waals surface area contributed by atoms with Crippen molar-refractivity contribution in [2.75, 3.05) is 0 Å². The van der Waals surface area contributed by atoms with Crippen LogP contribution in [0.5, 0.6) is 0 Å². The van der Waals surface area contributed by atoms with Crippen LogP contribution in [-0.2, 0) is 28.2 Å². The summed E-state index contributed by atoms with van der Waals surface area (Å²) in [5.41, 5.74) is 33.8. The average molecular weight is 1730 g/mol. The van der Waals surface area contributed by atoms with Crippen molar-refractivity contribution in [2.45, 2.75) is 182 Å². The molecule has 4 aliphatic carbocycles. The molecule has 0 bridgehead atoms. The van der Waals surface area contributed by atoms with E-state index in [9.17, 15) is 10.5 Å². The van der Waals surface area contributed by atoms with Crippen LogP contribution < -0.4 is 18.3 Å². The predicted octanol–water partition coefficient (Wildman–Crippen LogP) is 30.9. The number of pyridine rings is 4. The van der Waals surface area contributed by atoms with Crippen LogP contribution in [0.1, 0.15) is 204 Å². The Kier molecular flexibility index (Phi) is 21.8. The van der Waals surface area contributed by atoms with Gasteiger partial charge in [-0.3, -0.25) is 0 Å². The predicted molar refractivity (Wildman–Crippen MR) is 536 cm³/mol. The summed E-state index contributed by atoms with van der Waals surface area (Å²) < 4.78 is 34.7. The van der Waals surface area contributed by atoms with E-state index >= 15 is 0 Å². The van der Waals surface area contributed by atoms with E-state index in [2.05, 4.69) is 270 Å². The van der Waals surface area contributed by atoms with Gasteiger partial charge in [-0.1, -0.05) is 142 Å². The van der Waals surface area contributed by atoms with E-state index < -0.39 is 0 Å². The maximum Gasteiger partial charge on any atom is 0.224 e. The number of rotatable bonds is 8. The van der Waals surface area contributed by atoms with Gasteiger partial charge in [0.15, 0.2) is 41.7 Å². The third-order valence-corrected chi connectivity index (χ3v) is 30.6. The van der Waals surface area contributed by atoms with Crippen molar-refractivity contribution in [3.8, 4) is 57.2 Å². The first-order valence-corrected chi connectivity index (χ1v) is 47.3. The van der Waals surface area contributed by atoms with Gasteiger partial charge in [0, 0.05) is 67.4 Å². The fourth-order valence-corrected chi connectivity index (χ4v) is 23.0. The van der Waals surface area contributed by atoms with Crippen LogP contribution in [0.15, 0.2) is 237 Å². The molecule has 20 aromatic rings. The Morgan fingerprint density at radius 2 is 0.652 bits per heavy atom. The molecular weight excluding hydrogens is 1620 g/mol. The van der Waals surface area contributed by atoms with Crippen LogP contribution >= 0.6 is 0 Å². The van der Waals surface area contributed by atoms with Crippen molar-refractivity contribution in [3.05, 3.63) is 320 Å². The molecule has 0 atom stereocenters. The molecule has 12 nitrogen and oxygen atoms in total. The van der Waals surface area contributed by atoms with Gasteiger partial charge in [-0.25, -0.2) is 28.0 Å². The summed E-state index contributed by atoms with van der Waals surface area (Å²) in [6, 6.07) is 73.7. The highest BCUT2D eigenvalue weighted by Gasteiger charge is 2.34. The van der Waals surface area contributed by atoms with Crippen molar-refractivity contribution in [3.63, 3.8) is 0 Å². The lowest BCUT2D eigenvalue weighted by molar-refractivity contribution is -0.659. The molecule has 0 spiro atoms. The van der Waals surface area contributed by atoms with Crippen LogP contribution in [0, 0.1) is 91.2 Å². The van der Waals surface area contributed by atoms with Crippen molar-refractivity contribution in [1.82, 2.24) is 0 Å². The van der Waals surface area contributed by atoms with Gasteiger partial charge in [-0.15, -0.1) is 0 Å². The zero-order chi connectivity index (χ0) is 90.8. The lowest BCUT2D eigenvalue weighted by atomic mass is 9.89. The lowest BCUT2D eigenvalue weighted by Crippen LogP contribution is -2.31. The van der Waals surface area contributed by atoms with Gasteiger partial charge in [0.1, 0.15) is 73.3 Å². The summed E-state index contributed by atoms with van der Waals surface area (Å²) in [5.74, 6) is 2.78. The van der Waals surface area contributed by atoms with Gasteiger partial charge < -0.3 is 17.7 Å². The summed E-state index contributed by atoms with van der Waals surface area (Å²) in [6.45, 7) is 32.0. The van der Waals surface area contributed by atoms with Crippen LogP contribution in [0.25, 0.3) is 186 Å². The number of fused-ring (bicyclic) bond motifs is 16. The van der Waals surface area contributed by atoms with Crippen molar-refractivity contribution >= 4 is 142 Å². The molecule has 648 valence electrons. The second-order valence-electron chi connectivity index (χ2n) is 38.2. The highest BCUT2D eigenvalue weighted by atomic mass is 16.3. The van der Waals surface area contributed by atoms with Crippen molar-refractivity contribution in [2.24, 2.45) is 28.2 Å². The van der Waals surface area contributed by atoms with Crippen LogP contribution in [0.2, 0.25) is 0 Å². The van der Waals surface area contributed by atoms with E-state index in [4.69, 9.17) is 30.8 Å². The maximum atomic E-state index is 10.0. The van der Waals surface area contributed by atoms with Crippen LogP contribution in [0.4, 0.5) is 11.4 Å². The molecule has 4 saturated carbocycles. The van der Waals surface area contributed by atoms with E-state index in [1.54, 1.807) is 0 Å². The van der Waals surface area contributed by atoms with E-state index in [0.717, 1.165) is 133 Å². The molecule has 24 rings (SSSR count).